The largest absolute Gasteiger partial charge is 0.357 e. The predicted molar refractivity (Wildman–Crippen MR) is 123 cm³/mol. The molecular formula is C21H31N7OS. The van der Waals surface area contributed by atoms with Crippen molar-refractivity contribution in [3.05, 3.63) is 41.2 Å². The van der Waals surface area contributed by atoms with Crippen LogP contribution in [0.5, 0.6) is 0 Å². The summed E-state index contributed by atoms with van der Waals surface area (Å²) in [5.74, 6) is 1.81. The van der Waals surface area contributed by atoms with Gasteiger partial charge in [0.05, 0.1) is 0 Å². The number of amides is 1. The number of hydrogen-bond acceptors (Lipinski definition) is 6. The summed E-state index contributed by atoms with van der Waals surface area (Å²) < 4.78 is 4.40. The summed E-state index contributed by atoms with van der Waals surface area (Å²) in [5.41, 5.74) is 1.80. The van der Waals surface area contributed by atoms with Crippen molar-refractivity contribution in [1.29, 1.82) is 0 Å². The Bertz CT molecular complexity index is 859. The molecular weight excluding hydrogens is 398 g/mol. The van der Waals surface area contributed by atoms with Gasteiger partial charge in [-0.2, -0.15) is 4.37 Å². The summed E-state index contributed by atoms with van der Waals surface area (Å²) >= 11 is 1.49. The van der Waals surface area contributed by atoms with Crippen molar-refractivity contribution in [2.24, 2.45) is 4.99 Å². The van der Waals surface area contributed by atoms with Gasteiger partial charge < -0.3 is 20.4 Å². The number of nitrogens with zero attached hydrogens (tertiary/aromatic N) is 5. The summed E-state index contributed by atoms with van der Waals surface area (Å²) in [6.45, 7) is 9.31. The van der Waals surface area contributed by atoms with Crippen LogP contribution in [-0.4, -0.2) is 72.4 Å². The molecule has 1 aromatic carbocycles. The normalized spacial score (nSPS) is 14.7. The van der Waals surface area contributed by atoms with E-state index in [4.69, 9.17) is 4.99 Å². The molecule has 0 aliphatic carbocycles. The third kappa shape index (κ3) is 5.69. The van der Waals surface area contributed by atoms with Crippen LogP contribution in [0.4, 0.5) is 5.13 Å². The van der Waals surface area contributed by atoms with Gasteiger partial charge >= 0.3 is 0 Å². The van der Waals surface area contributed by atoms with E-state index in [2.05, 4.69) is 43.6 Å². The van der Waals surface area contributed by atoms with E-state index < -0.39 is 0 Å². The zero-order chi connectivity index (χ0) is 21.3. The number of rotatable bonds is 7. The number of carbonyl (C=O) groups is 1. The molecule has 0 unspecified atom stereocenters. The highest BCUT2D eigenvalue weighted by Crippen LogP contribution is 2.19. The summed E-state index contributed by atoms with van der Waals surface area (Å²) in [6.07, 6.45) is 1.67. The van der Waals surface area contributed by atoms with E-state index in [1.807, 2.05) is 24.3 Å². The molecule has 30 heavy (non-hydrogen) atoms. The number of anilines is 1. The fourth-order valence-corrected chi connectivity index (χ4v) is 4.16. The van der Waals surface area contributed by atoms with E-state index in [-0.39, 0.29) is 5.91 Å². The minimum atomic E-state index is -0.0620. The predicted octanol–water partition coefficient (Wildman–Crippen LogP) is 1.79. The Hall–Kier alpha value is -2.68. The lowest BCUT2D eigenvalue weighted by Crippen LogP contribution is -2.52. The van der Waals surface area contributed by atoms with Crippen LogP contribution in [0.3, 0.4) is 0 Å². The number of carbonyl (C=O) groups excluding carboxylic acids is 1. The first-order valence-corrected chi connectivity index (χ1v) is 11.3. The standard InChI is InChI=1S/C21H31N7OS/c1-4-18-25-21(30-26-18)28-13-11-27(12-14-28)20(23-5-2)24-10-9-16-7-6-8-17(15-16)19(29)22-3/h6-8,15H,4-5,9-14H2,1-3H3,(H,22,29)(H,23,24). The fourth-order valence-electron chi connectivity index (χ4n) is 3.36. The molecule has 0 atom stereocenters. The van der Waals surface area contributed by atoms with Crippen molar-refractivity contribution in [2.45, 2.75) is 26.7 Å². The summed E-state index contributed by atoms with van der Waals surface area (Å²) in [4.78, 5) is 25.9. The third-order valence-corrected chi connectivity index (χ3v) is 5.85. The van der Waals surface area contributed by atoms with Crippen LogP contribution >= 0.6 is 11.5 Å². The molecule has 1 amide bonds. The second-order valence-corrected chi connectivity index (χ2v) is 7.82. The number of nitrogens with one attached hydrogen (secondary N) is 2. The third-order valence-electron chi connectivity index (χ3n) is 5.04. The molecule has 3 rings (SSSR count). The van der Waals surface area contributed by atoms with E-state index in [0.717, 1.165) is 68.0 Å². The summed E-state index contributed by atoms with van der Waals surface area (Å²) in [5, 5.41) is 7.10. The van der Waals surface area contributed by atoms with Crippen LogP contribution < -0.4 is 15.5 Å². The summed E-state index contributed by atoms with van der Waals surface area (Å²) in [7, 11) is 1.65. The van der Waals surface area contributed by atoms with Crippen molar-refractivity contribution in [2.75, 3.05) is 51.2 Å². The van der Waals surface area contributed by atoms with Crippen molar-refractivity contribution in [3.63, 3.8) is 0 Å². The first-order valence-electron chi connectivity index (χ1n) is 10.6. The molecule has 2 aromatic rings. The van der Waals surface area contributed by atoms with Crippen molar-refractivity contribution < 1.29 is 4.79 Å². The van der Waals surface area contributed by atoms with Crippen LogP contribution in [0.25, 0.3) is 0 Å². The molecule has 8 nitrogen and oxygen atoms in total. The van der Waals surface area contributed by atoms with Crippen LogP contribution in [0, 0.1) is 0 Å². The van der Waals surface area contributed by atoms with Crippen molar-refractivity contribution >= 4 is 28.5 Å². The first kappa shape index (κ1) is 22.0. The Kier molecular flexibility index (Phi) is 8.01. The van der Waals surface area contributed by atoms with Gasteiger partial charge in [0.2, 0.25) is 5.13 Å². The Labute approximate surface area is 182 Å². The van der Waals surface area contributed by atoms with Gasteiger partial charge in [-0.15, -0.1) is 0 Å². The van der Waals surface area contributed by atoms with Gasteiger partial charge in [-0.25, -0.2) is 4.98 Å². The molecule has 9 heteroatoms. The lowest BCUT2D eigenvalue weighted by atomic mass is 10.1. The molecule has 1 aliphatic heterocycles. The van der Waals surface area contributed by atoms with Crippen LogP contribution in [-0.2, 0) is 12.8 Å². The van der Waals surface area contributed by atoms with Gasteiger partial charge in [-0.3, -0.25) is 9.79 Å². The number of benzene rings is 1. The zero-order valence-corrected chi connectivity index (χ0v) is 18.8. The van der Waals surface area contributed by atoms with E-state index in [9.17, 15) is 4.79 Å². The highest BCUT2D eigenvalue weighted by Gasteiger charge is 2.22. The van der Waals surface area contributed by atoms with Gasteiger partial charge in [-0.05, 0) is 31.0 Å². The number of guanidine groups is 1. The molecule has 1 fully saturated rings. The molecule has 0 spiro atoms. The highest BCUT2D eigenvalue weighted by molar-refractivity contribution is 7.09. The summed E-state index contributed by atoms with van der Waals surface area (Å²) in [6, 6.07) is 7.73. The number of hydrogen-bond donors (Lipinski definition) is 2. The minimum absolute atomic E-state index is 0.0620. The monoisotopic (exact) mass is 429 g/mol. The van der Waals surface area contributed by atoms with Gasteiger partial charge in [0.25, 0.3) is 5.91 Å². The zero-order valence-electron chi connectivity index (χ0n) is 18.0. The van der Waals surface area contributed by atoms with E-state index >= 15 is 0 Å². The second kappa shape index (κ2) is 10.9. The molecule has 0 radical (unpaired) electrons. The average molecular weight is 430 g/mol. The Balaban J connectivity index is 1.56. The fraction of sp³-hybridized carbons (Fsp3) is 0.524. The SMILES string of the molecule is CCNC(=NCCc1cccc(C(=O)NC)c1)N1CCN(c2nc(CC)ns2)CC1. The molecule has 162 valence electrons. The number of piperazine rings is 1. The Morgan fingerprint density at radius 1 is 1.23 bits per heavy atom. The van der Waals surface area contributed by atoms with E-state index in [1.165, 1.54) is 11.5 Å². The van der Waals surface area contributed by atoms with E-state index in [1.54, 1.807) is 7.05 Å². The van der Waals surface area contributed by atoms with Gasteiger partial charge in [0, 0.05) is 69.8 Å². The van der Waals surface area contributed by atoms with Crippen LogP contribution in [0.2, 0.25) is 0 Å². The molecule has 1 aromatic heterocycles. The number of aliphatic imine (C=N–C) groups is 1. The average Bonchev–Trinajstić information content (AvgIpc) is 3.28. The molecule has 1 aliphatic rings. The quantitative estimate of drug-likeness (QED) is 0.516. The van der Waals surface area contributed by atoms with Gasteiger partial charge in [-0.1, -0.05) is 19.1 Å². The maximum atomic E-state index is 11.8. The first-order chi connectivity index (χ1) is 14.6. The highest BCUT2D eigenvalue weighted by atomic mass is 32.1. The lowest BCUT2D eigenvalue weighted by Gasteiger charge is -2.36. The van der Waals surface area contributed by atoms with Gasteiger partial charge in [0.15, 0.2) is 5.96 Å². The minimum Gasteiger partial charge on any atom is -0.357 e. The van der Waals surface area contributed by atoms with Crippen LogP contribution in [0.15, 0.2) is 29.3 Å². The molecule has 2 heterocycles. The molecule has 0 saturated carbocycles. The molecule has 1 saturated heterocycles. The topological polar surface area (TPSA) is 85.8 Å². The van der Waals surface area contributed by atoms with Crippen LogP contribution in [0.1, 0.15) is 35.6 Å². The molecule has 0 bridgehead atoms. The van der Waals surface area contributed by atoms with Gasteiger partial charge in [0.1, 0.15) is 5.82 Å². The second-order valence-electron chi connectivity index (χ2n) is 7.09. The van der Waals surface area contributed by atoms with Crippen molar-refractivity contribution in [3.8, 4) is 0 Å². The lowest BCUT2D eigenvalue weighted by molar-refractivity contribution is 0.0963. The van der Waals surface area contributed by atoms with Crippen molar-refractivity contribution in [1.82, 2.24) is 24.9 Å². The molecule has 2 N–H and O–H groups in total. The Morgan fingerprint density at radius 2 is 2.03 bits per heavy atom. The number of aromatic nitrogens is 2. The van der Waals surface area contributed by atoms with E-state index in [0.29, 0.717) is 12.1 Å². The smallest absolute Gasteiger partial charge is 0.251 e. The maximum Gasteiger partial charge on any atom is 0.251 e. The number of aryl methyl sites for hydroxylation is 1. The Morgan fingerprint density at radius 3 is 2.70 bits per heavy atom. The maximum absolute atomic E-state index is 11.8.